The summed E-state index contributed by atoms with van der Waals surface area (Å²) >= 11 is 3.26. The summed E-state index contributed by atoms with van der Waals surface area (Å²) < 4.78 is 2.26. The predicted molar refractivity (Wildman–Crippen MR) is 109 cm³/mol. The van der Waals surface area contributed by atoms with Crippen molar-refractivity contribution in [1.29, 1.82) is 0 Å². The molecule has 4 nitrogen and oxygen atoms in total. The SMILES string of the molecule is NC1=CC=CC(N)(c2nc3ccccc3s2)C1c1nc2ccccc2s1. The summed E-state index contributed by atoms with van der Waals surface area (Å²) in [5.74, 6) is -0.231. The Labute approximate surface area is 158 Å². The fraction of sp³-hybridized carbons (Fsp3) is 0.100. The minimum atomic E-state index is -0.809. The highest BCUT2D eigenvalue weighted by Gasteiger charge is 2.43. The van der Waals surface area contributed by atoms with Gasteiger partial charge in [-0.15, -0.1) is 22.7 Å². The van der Waals surface area contributed by atoms with Gasteiger partial charge in [-0.05, 0) is 30.3 Å². The van der Waals surface area contributed by atoms with Gasteiger partial charge in [-0.3, -0.25) is 0 Å². The highest BCUT2D eigenvalue weighted by Crippen LogP contribution is 2.45. The largest absolute Gasteiger partial charge is 0.401 e. The molecule has 0 spiro atoms. The summed E-state index contributed by atoms with van der Waals surface area (Å²) in [5.41, 5.74) is 15.2. The highest BCUT2D eigenvalue weighted by molar-refractivity contribution is 7.19. The Hall–Kier alpha value is -2.54. The maximum atomic E-state index is 6.94. The first-order chi connectivity index (χ1) is 12.6. The molecule has 0 fully saturated rings. The van der Waals surface area contributed by atoms with Gasteiger partial charge in [0.15, 0.2) is 0 Å². The summed E-state index contributed by atoms with van der Waals surface area (Å²) in [7, 11) is 0. The molecule has 0 saturated heterocycles. The zero-order valence-electron chi connectivity index (χ0n) is 13.8. The zero-order chi connectivity index (χ0) is 17.7. The molecular formula is C20H16N4S2. The molecule has 6 heteroatoms. The van der Waals surface area contributed by atoms with Crippen LogP contribution in [0.1, 0.15) is 15.9 Å². The van der Waals surface area contributed by atoms with Gasteiger partial charge in [0.1, 0.15) is 15.6 Å². The Morgan fingerprint density at radius 3 is 2.23 bits per heavy atom. The van der Waals surface area contributed by atoms with Gasteiger partial charge < -0.3 is 11.5 Å². The van der Waals surface area contributed by atoms with E-state index in [9.17, 15) is 0 Å². The fourth-order valence-electron chi connectivity index (χ4n) is 3.40. The third-order valence-corrected chi connectivity index (χ3v) is 7.00. The second-order valence-corrected chi connectivity index (χ2v) is 8.49. The smallest absolute Gasteiger partial charge is 0.119 e. The normalized spacial score (nSPS) is 22.8. The minimum Gasteiger partial charge on any atom is -0.401 e. The predicted octanol–water partition coefficient (Wildman–Crippen LogP) is 4.26. The molecule has 1 aliphatic carbocycles. The number of rotatable bonds is 2. The third kappa shape index (κ3) is 2.30. The van der Waals surface area contributed by atoms with Crippen LogP contribution in [0.5, 0.6) is 0 Å². The van der Waals surface area contributed by atoms with E-state index in [2.05, 4.69) is 12.1 Å². The number of fused-ring (bicyclic) bond motifs is 2. The Morgan fingerprint density at radius 1 is 0.885 bits per heavy atom. The molecule has 26 heavy (non-hydrogen) atoms. The number of nitrogens with zero attached hydrogens (tertiary/aromatic N) is 2. The molecule has 2 aromatic heterocycles. The molecular weight excluding hydrogens is 360 g/mol. The second-order valence-electron chi connectivity index (χ2n) is 6.40. The van der Waals surface area contributed by atoms with Crippen LogP contribution in [0.15, 0.2) is 72.5 Å². The Balaban J connectivity index is 1.70. The van der Waals surface area contributed by atoms with Crippen LogP contribution in [0.4, 0.5) is 0 Å². The number of hydrogen-bond donors (Lipinski definition) is 2. The van der Waals surface area contributed by atoms with Crippen molar-refractivity contribution >= 4 is 43.1 Å². The molecule has 1 aliphatic rings. The van der Waals surface area contributed by atoms with E-state index in [1.54, 1.807) is 22.7 Å². The van der Waals surface area contributed by atoms with E-state index in [-0.39, 0.29) is 5.92 Å². The van der Waals surface area contributed by atoms with Gasteiger partial charge in [-0.2, -0.15) is 0 Å². The van der Waals surface area contributed by atoms with Crippen molar-refractivity contribution in [1.82, 2.24) is 9.97 Å². The molecule has 5 rings (SSSR count). The lowest BCUT2D eigenvalue weighted by Crippen LogP contribution is -2.44. The minimum absolute atomic E-state index is 0.231. The van der Waals surface area contributed by atoms with E-state index in [0.717, 1.165) is 30.4 Å². The Morgan fingerprint density at radius 2 is 1.54 bits per heavy atom. The van der Waals surface area contributed by atoms with Gasteiger partial charge in [0.05, 0.1) is 26.4 Å². The molecule has 4 aromatic rings. The van der Waals surface area contributed by atoms with Crippen molar-refractivity contribution < 1.29 is 0 Å². The molecule has 2 atom stereocenters. The number of hydrogen-bond acceptors (Lipinski definition) is 6. The first-order valence-corrected chi connectivity index (χ1v) is 9.94. The fourth-order valence-corrected chi connectivity index (χ4v) is 5.66. The first kappa shape index (κ1) is 15.7. The van der Waals surface area contributed by atoms with E-state index >= 15 is 0 Å². The maximum absolute atomic E-state index is 6.94. The molecule has 0 bridgehead atoms. The molecule has 0 radical (unpaired) electrons. The summed E-state index contributed by atoms with van der Waals surface area (Å²) in [6.45, 7) is 0. The van der Waals surface area contributed by atoms with Crippen LogP contribution < -0.4 is 11.5 Å². The summed E-state index contributed by atoms with van der Waals surface area (Å²) in [6.07, 6.45) is 5.83. The summed E-state index contributed by atoms with van der Waals surface area (Å²) in [6, 6.07) is 16.2. The van der Waals surface area contributed by atoms with Crippen molar-refractivity contribution in [2.24, 2.45) is 11.5 Å². The van der Waals surface area contributed by atoms with Gasteiger partial charge in [-0.25, -0.2) is 9.97 Å². The lowest BCUT2D eigenvalue weighted by molar-refractivity contribution is 0.472. The van der Waals surface area contributed by atoms with Crippen LogP contribution in [0.2, 0.25) is 0 Å². The molecule has 2 aromatic carbocycles. The molecule has 2 unspecified atom stereocenters. The van der Waals surface area contributed by atoms with Crippen molar-refractivity contribution in [3.05, 3.63) is 82.5 Å². The summed E-state index contributed by atoms with van der Waals surface area (Å²) in [4.78, 5) is 9.63. The van der Waals surface area contributed by atoms with Crippen LogP contribution in [-0.4, -0.2) is 9.97 Å². The first-order valence-electron chi connectivity index (χ1n) is 8.30. The van der Waals surface area contributed by atoms with Crippen LogP contribution in [0.3, 0.4) is 0 Å². The van der Waals surface area contributed by atoms with E-state index in [1.165, 1.54) is 0 Å². The third-order valence-electron chi connectivity index (χ3n) is 4.69. The second kappa shape index (κ2) is 5.74. The van der Waals surface area contributed by atoms with E-state index < -0.39 is 5.54 Å². The van der Waals surface area contributed by atoms with Crippen molar-refractivity contribution in [3.63, 3.8) is 0 Å². The van der Waals surface area contributed by atoms with Crippen molar-refractivity contribution in [2.45, 2.75) is 11.5 Å². The molecule has 0 aliphatic heterocycles. The lowest BCUT2D eigenvalue weighted by atomic mass is 9.80. The van der Waals surface area contributed by atoms with Crippen molar-refractivity contribution in [3.8, 4) is 0 Å². The van der Waals surface area contributed by atoms with Crippen LogP contribution in [0.25, 0.3) is 20.4 Å². The standard InChI is InChI=1S/C20H16N4S2/c21-12-6-5-11-20(22,19-24-14-8-2-4-10-16(14)26-19)17(12)18-23-13-7-1-3-9-15(13)25-18/h1-11,17H,21-22H2. The number of thiazole rings is 2. The topological polar surface area (TPSA) is 77.8 Å². The van der Waals surface area contributed by atoms with Crippen LogP contribution in [0, 0.1) is 0 Å². The van der Waals surface area contributed by atoms with Gasteiger partial charge in [0.25, 0.3) is 0 Å². The van der Waals surface area contributed by atoms with Gasteiger partial charge >= 0.3 is 0 Å². The van der Waals surface area contributed by atoms with Crippen molar-refractivity contribution in [2.75, 3.05) is 0 Å². The van der Waals surface area contributed by atoms with Gasteiger partial charge in [-0.1, -0.05) is 36.4 Å². The highest BCUT2D eigenvalue weighted by atomic mass is 32.1. The Bertz CT molecular complexity index is 1120. The maximum Gasteiger partial charge on any atom is 0.119 e. The number of nitrogens with two attached hydrogens (primary N) is 2. The lowest BCUT2D eigenvalue weighted by Gasteiger charge is -2.34. The molecule has 2 heterocycles. The number of aromatic nitrogens is 2. The number of benzene rings is 2. The summed E-state index contributed by atoms with van der Waals surface area (Å²) in [5, 5.41) is 1.78. The quantitative estimate of drug-likeness (QED) is 0.548. The number of allylic oxidation sites excluding steroid dienone is 2. The zero-order valence-corrected chi connectivity index (χ0v) is 15.4. The molecule has 128 valence electrons. The average Bonchev–Trinajstić information content (AvgIpc) is 3.25. The molecule has 0 amide bonds. The number of para-hydroxylation sites is 2. The van der Waals surface area contributed by atoms with E-state index in [4.69, 9.17) is 21.4 Å². The van der Waals surface area contributed by atoms with Crippen LogP contribution in [-0.2, 0) is 5.54 Å². The molecule has 4 N–H and O–H groups in total. The van der Waals surface area contributed by atoms with E-state index in [0.29, 0.717) is 5.70 Å². The molecule has 0 saturated carbocycles. The van der Waals surface area contributed by atoms with Gasteiger partial charge in [0.2, 0.25) is 0 Å². The van der Waals surface area contributed by atoms with E-state index in [1.807, 2.05) is 54.6 Å². The Kier molecular flexibility index (Phi) is 3.46. The van der Waals surface area contributed by atoms with Gasteiger partial charge in [0, 0.05) is 5.70 Å². The van der Waals surface area contributed by atoms with Crippen LogP contribution >= 0.6 is 22.7 Å². The average molecular weight is 377 g/mol. The monoisotopic (exact) mass is 376 g/mol.